The first-order valence-corrected chi connectivity index (χ1v) is 6.78. The molecule has 0 aromatic heterocycles. The number of fused-ring (bicyclic) bond motifs is 1. The topological polar surface area (TPSA) is 49.5 Å². The number of rotatable bonds is 4. The molecule has 2 atom stereocenters. The first-order valence-electron chi connectivity index (χ1n) is 6.78. The highest BCUT2D eigenvalue weighted by Gasteiger charge is 2.22. The number of nitrogens with zero attached hydrogens (tertiary/aromatic N) is 1. The van der Waals surface area contributed by atoms with Crippen LogP contribution in [-0.4, -0.2) is 36.8 Å². The molecular weight excluding hydrogens is 224 g/mol. The highest BCUT2D eigenvalue weighted by molar-refractivity contribution is 5.35. The third-order valence-corrected chi connectivity index (χ3v) is 3.89. The Bertz CT molecular complexity index is 403. The maximum atomic E-state index is 9.30. The lowest BCUT2D eigenvalue weighted by Gasteiger charge is -2.30. The van der Waals surface area contributed by atoms with Crippen molar-refractivity contribution in [2.24, 2.45) is 5.73 Å². The van der Waals surface area contributed by atoms with E-state index in [0.717, 1.165) is 0 Å². The van der Waals surface area contributed by atoms with Crippen LogP contribution in [0.3, 0.4) is 0 Å². The van der Waals surface area contributed by atoms with Gasteiger partial charge in [-0.25, -0.2) is 0 Å². The van der Waals surface area contributed by atoms with E-state index in [0.29, 0.717) is 0 Å². The molecule has 18 heavy (non-hydrogen) atoms. The van der Waals surface area contributed by atoms with Crippen molar-refractivity contribution >= 4 is 0 Å². The van der Waals surface area contributed by atoms with Crippen LogP contribution in [0.5, 0.6) is 0 Å². The Morgan fingerprint density at radius 1 is 1.22 bits per heavy atom. The predicted molar refractivity (Wildman–Crippen MR) is 74.6 cm³/mol. The van der Waals surface area contributed by atoms with Crippen molar-refractivity contribution < 1.29 is 5.11 Å². The van der Waals surface area contributed by atoms with Crippen LogP contribution in [0.4, 0.5) is 0 Å². The fourth-order valence-corrected chi connectivity index (χ4v) is 2.97. The van der Waals surface area contributed by atoms with Gasteiger partial charge in [0.1, 0.15) is 0 Å². The van der Waals surface area contributed by atoms with Gasteiger partial charge in [0.05, 0.1) is 12.6 Å². The molecular formula is C15H24N2O. The summed E-state index contributed by atoms with van der Waals surface area (Å²) < 4.78 is 0. The fraction of sp³-hybridized carbons (Fsp3) is 0.600. The fourth-order valence-electron chi connectivity index (χ4n) is 2.97. The Kier molecular flexibility index (Phi) is 4.38. The van der Waals surface area contributed by atoms with Crippen LogP contribution in [-0.2, 0) is 12.8 Å². The van der Waals surface area contributed by atoms with Gasteiger partial charge in [0, 0.05) is 6.04 Å². The molecule has 3 N–H and O–H groups in total. The molecule has 0 bridgehead atoms. The van der Waals surface area contributed by atoms with E-state index >= 15 is 0 Å². The van der Waals surface area contributed by atoms with Gasteiger partial charge in [0.2, 0.25) is 0 Å². The van der Waals surface area contributed by atoms with Crippen LogP contribution in [0.2, 0.25) is 0 Å². The van der Waals surface area contributed by atoms with Gasteiger partial charge in [-0.05, 0) is 56.5 Å². The lowest BCUT2D eigenvalue weighted by atomic mass is 9.88. The second-order valence-corrected chi connectivity index (χ2v) is 5.49. The maximum absolute atomic E-state index is 9.30. The molecule has 0 radical (unpaired) electrons. The summed E-state index contributed by atoms with van der Waals surface area (Å²) in [7, 11) is 4.03. The monoisotopic (exact) mass is 248 g/mol. The number of aliphatic hydroxyl groups excluding tert-OH is 1. The molecule has 1 aromatic carbocycles. The SMILES string of the molecule is CN(C)C(c1ccc2c(c1)CCCC2)C(N)CO. The molecule has 1 aliphatic carbocycles. The number of aliphatic hydroxyl groups is 1. The van der Waals surface area contributed by atoms with Crippen molar-refractivity contribution in [3.63, 3.8) is 0 Å². The quantitative estimate of drug-likeness (QED) is 0.848. The van der Waals surface area contributed by atoms with Crippen molar-refractivity contribution in [2.75, 3.05) is 20.7 Å². The van der Waals surface area contributed by atoms with Gasteiger partial charge in [0.25, 0.3) is 0 Å². The second kappa shape index (κ2) is 5.83. The van der Waals surface area contributed by atoms with Crippen LogP contribution in [0.15, 0.2) is 18.2 Å². The minimum atomic E-state index is -0.235. The summed E-state index contributed by atoms with van der Waals surface area (Å²) in [5.41, 5.74) is 10.2. The Morgan fingerprint density at radius 3 is 2.50 bits per heavy atom. The highest BCUT2D eigenvalue weighted by atomic mass is 16.3. The van der Waals surface area contributed by atoms with E-state index in [1.54, 1.807) is 0 Å². The highest BCUT2D eigenvalue weighted by Crippen LogP contribution is 2.27. The minimum Gasteiger partial charge on any atom is -0.395 e. The van der Waals surface area contributed by atoms with Crippen molar-refractivity contribution in [3.8, 4) is 0 Å². The third-order valence-electron chi connectivity index (χ3n) is 3.89. The summed E-state index contributed by atoms with van der Waals surface area (Å²) in [6.07, 6.45) is 4.97. The zero-order valence-electron chi connectivity index (χ0n) is 11.4. The summed E-state index contributed by atoms with van der Waals surface area (Å²) in [5.74, 6) is 0. The molecule has 0 aliphatic heterocycles. The van der Waals surface area contributed by atoms with Gasteiger partial charge in [-0.3, -0.25) is 0 Å². The smallest absolute Gasteiger partial charge is 0.0601 e. The van der Waals surface area contributed by atoms with E-state index in [4.69, 9.17) is 5.73 Å². The standard InChI is InChI=1S/C15H24N2O/c1-17(2)15(14(16)10-18)13-8-7-11-5-3-4-6-12(11)9-13/h7-9,14-15,18H,3-6,10,16H2,1-2H3. The summed E-state index contributed by atoms with van der Waals surface area (Å²) in [6.45, 7) is 0.0138. The molecule has 0 saturated carbocycles. The van der Waals surface area contributed by atoms with Gasteiger partial charge in [-0.2, -0.15) is 0 Å². The third kappa shape index (κ3) is 2.74. The van der Waals surface area contributed by atoms with Crippen LogP contribution < -0.4 is 5.73 Å². The number of aryl methyl sites for hydroxylation is 2. The Balaban J connectivity index is 2.30. The molecule has 0 spiro atoms. The van der Waals surface area contributed by atoms with E-state index in [1.165, 1.54) is 42.4 Å². The number of benzene rings is 1. The van der Waals surface area contributed by atoms with E-state index in [-0.39, 0.29) is 18.7 Å². The molecule has 0 heterocycles. The van der Waals surface area contributed by atoms with Gasteiger partial charge in [-0.1, -0.05) is 18.2 Å². The molecule has 2 unspecified atom stereocenters. The number of hydrogen-bond donors (Lipinski definition) is 2. The van der Waals surface area contributed by atoms with Crippen LogP contribution in [0.1, 0.15) is 35.6 Å². The molecule has 1 aliphatic rings. The summed E-state index contributed by atoms with van der Waals surface area (Å²) in [5, 5.41) is 9.30. The van der Waals surface area contributed by atoms with Crippen molar-refractivity contribution in [2.45, 2.75) is 37.8 Å². The van der Waals surface area contributed by atoms with Crippen molar-refractivity contribution in [1.29, 1.82) is 0 Å². The van der Waals surface area contributed by atoms with Gasteiger partial charge in [-0.15, -0.1) is 0 Å². The second-order valence-electron chi connectivity index (χ2n) is 5.49. The zero-order chi connectivity index (χ0) is 13.1. The molecule has 1 aromatic rings. The molecule has 2 rings (SSSR count). The Hall–Kier alpha value is -0.900. The van der Waals surface area contributed by atoms with Gasteiger partial charge >= 0.3 is 0 Å². The number of hydrogen-bond acceptors (Lipinski definition) is 3. The summed E-state index contributed by atoms with van der Waals surface area (Å²) in [6, 6.07) is 6.55. The molecule has 100 valence electrons. The first kappa shape index (κ1) is 13.5. The van der Waals surface area contributed by atoms with Crippen molar-refractivity contribution in [1.82, 2.24) is 4.90 Å². The first-order chi connectivity index (χ1) is 8.63. The Labute approximate surface area is 110 Å². The van der Waals surface area contributed by atoms with Crippen LogP contribution in [0, 0.1) is 0 Å². The summed E-state index contributed by atoms with van der Waals surface area (Å²) in [4.78, 5) is 2.09. The number of likely N-dealkylation sites (N-methyl/N-ethyl adjacent to an activating group) is 1. The van der Waals surface area contributed by atoms with Crippen molar-refractivity contribution in [3.05, 3.63) is 34.9 Å². The van der Waals surface area contributed by atoms with E-state index in [9.17, 15) is 5.11 Å². The maximum Gasteiger partial charge on any atom is 0.0601 e. The molecule has 0 amide bonds. The summed E-state index contributed by atoms with van der Waals surface area (Å²) >= 11 is 0. The average molecular weight is 248 g/mol. The van der Waals surface area contributed by atoms with Gasteiger partial charge in [0.15, 0.2) is 0 Å². The van der Waals surface area contributed by atoms with Crippen LogP contribution in [0.25, 0.3) is 0 Å². The predicted octanol–water partition coefficient (Wildman–Crippen LogP) is 1.49. The largest absolute Gasteiger partial charge is 0.395 e. The Morgan fingerprint density at radius 2 is 1.89 bits per heavy atom. The van der Waals surface area contributed by atoms with Crippen LogP contribution >= 0.6 is 0 Å². The molecule has 3 heteroatoms. The normalized spacial score (nSPS) is 18.5. The molecule has 0 saturated heterocycles. The number of nitrogens with two attached hydrogens (primary N) is 1. The van der Waals surface area contributed by atoms with Gasteiger partial charge < -0.3 is 15.7 Å². The lowest BCUT2D eigenvalue weighted by Crippen LogP contribution is -2.40. The molecule has 0 fully saturated rings. The lowest BCUT2D eigenvalue weighted by molar-refractivity contribution is 0.181. The van der Waals surface area contributed by atoms with E-state index in [1.807, 2.05) is 14.1 Å². The van der Waals surface area contributed by atoms with E-state index in [2.05, 4.69) is 23.1 Å². The van der Waals surface area contributed by atoms with E-state index < -0.39 is 0 Å². The molecule has 3 nitrogen and oxygen atoms in total. The average Bonchev–Trinajstić information content (AvgIpc) is 2.38. The zero-order valence-corrected chi connectivity index (χ0v) is 11.4. The minimum absolute atomic E-state index is 0.0138.